The first-order chi connectivity index (χ1) is 9.26. The van der Waals surface area contributed by atoms with Crippen molar-refractivity contribution in [1.29, 1.82) is 0 Å². The van der Waals surface area contributed by atoms with E-state index in [2.05, 4.69) is 5.32 Å². The third-order valence-electron chi connectivity index (χ3n) is 2.32. The van der Waals surface area contributed by atoms with Crippen molar-refractivity contribution in [3.63, 3.8) is 0 Å². The molecular weight excluding hydrogens is 250 g/mol. The van der Waals surface area contributed by atoms with E-state index in [1.807, 2.05) is 6.92 Å². The Balaban J connectivity index is 3.55. The lowest BCUT2D eigenvalue weighted by molar-refractivity contribution is -0.147. The summed E-state index contributed by atoms with van der Waals surface area (Å²) in [6, 6.07) is -0.404. The minimum atomic E-state index is -0.404. The van der Waals surface area contributed by atoms with Crippen molar-refractivity contribution in [2.75, 3.05) is 53.3 Å². The molecule has 0 aliphatic rings. The van der Waals surface area contributed by atoms with Crippen LogP contribution in [0.2, 0.25) is 0 Å². The van der Waals surface area contributed by atoms with Gasteiger partial charge in [0.25, 0.3) is 0 Å². The maximum atomic E-state index is 11.6. The number of hydrogen-bond acceptors (Lipinski definition) is 6. The Kier molecular flexibility index (Phi) is 13.2. The van der Waals surface area contributed by atoms with E-state index >= 15 is 0 Å². The fourth-order valence-electron chi connectivity index (χ4n) is 1.43. The van der Waals surface area contributed by atoms with Gasteiger partial charge in [0.1, 0.15) is 6.04 Å². The molecule has 114 valence electrons. The monoisotopic (exact) mass is 277 g/mol. The lowest BCUT2D eigenvalue weighted by Crippen LogP contribution is -2.41. The molecule has 0 aromatic heterocycles. The first-order valence-corrected chi connectivity index (χ1v) is 6.80. The Morgan fingerprint density at radius 2 is 1.84 bits per heavy atom. The van der Waals surface area contributed by atoms with Gasteiger partial charge in [-0.3, -0.25) is 4.79 Å². The normalized spacial score (nSPS) is 12.4. The van der Waals surface area contributed by atoms with E-state index in [0.29, 0.717) is 46.2 Å². The van der Waals surface area contributed by atoms with Gasteiger partial charge < -0.3 is 24.3 Å². The Labute approximate surface area is 115 Å². The van der Waals surface area contributed by atoms with Crippen molar-refractivity contribution in [3.8, 4) is 0 Å². The molecule has 0 aliphatic carbocycles. The van der Waals surface area contributed by atoms with Crippen molar-refractivity contribution in [3.05, 3.63) is 0 Å². The maximum Gasteiger partial charge on any atom is 0.325 e. The minimum absolute atomic E-state index is 0.273. The molecule has 0 aromatic rings. The first-order valence-electron chi connectivity index (χ1n) is 6.80. The molecular formula is C13H27NO5. The molecule has 0 rings (SSSR count). The van der Waals surface area contributed by atoms with Gasteiger partial charge in [0, 0.05) is 20.3 Å². The van der Waals surface area contributed by atoms with Crippen LogP contribution in [0.4, 0.5) is 0 Å². The van der Waals surface area contributed by atoms with Crippen LogP contribution in [0.15, 0.2) is 0 Å². The Morgan fingerprint density at radius 1 is 1.11 bits per heavy atom. The molecule has 6 nitrogen and oxygen atoms in total. The minimum Gasteiger partial charge on any atom is -0.465 e. The van der Waals surface area contributed by atoms with Crippen LogP contribution in [0.5, 0.6) is 0 Å². The van der Waals surface area contributed by atoms with Gasteiger partial charge in [-0.25, -0.2) is 0 Å². The summed E-state index contributed by atoms with van der Waals surface area (Å²) in [5, 5.41) is 3.03. The number of carbonyl (C=O) groups is 1. The largest absolute Gasteiger partial charge is 0.465 e. The third-order valence-corrected chi connectivity index (χ3v) is 2.32. The molecule has 19 heavy (non-hydrogen) atoms. The van der Waals surface area contributed by atoms with Crippen molar-refractivity contribution in [2.45, 2.75) is 26.3 Å². The summed E-state index contributed by atoms with van der Waals surface area (Å²) in [5.41, 5.74) is 0. The second-order valence-corrected chi connectivity index (χ2v) is 3.90. The van der Waals surface area contributed by atoms with Crippen LogP contribution < -0.4 is 5.32 Å². The molecule has 1 atom stereocenters. The number of likely N-dealkylation sites (N-methyl/N-ethyl adjacent to an activating group) is 1. The van der Waals surface area contributed by atoms with E-state index in [0.717, 1.165) is 6.42 Å². The van der Waals surface area contributed by atoms with Gasteiger partial charge in [0.2, 0.25) is 0 Å². The first kappa shape index (κ1) is 18.3. The predicted molar refractivity (Wildman–Crippen MR) is 72.2 cm³/mol. The molecule has 0 aliphatic heterocycles. The van der Waals surface area contributed by atoms with Crippen molar-refractivity contribution in [2.24, 2.45) is 0 Å². The number of rotatable bonds is 13. The van der Waals surface area contributed by atoms with Crippen LogP contribution in [0.3, 0.4) is 0 Å². The standard InChI is InChI=1S/C13H27NO5/c1-4-14-12(13(15)19-5-2)11-18-10-9-17-8-6-7-16-3/h12,14H,4-11H2,1-3H3. The molecule has 0 radical (unpaired) electrons. The van der Waals surface area contributed by atoms with E-state index in [9.17, 15) is 4.79 Å². The quantitative estimate of drug-likeness (QED) is 0.393. The summed E-state index contributed by atoms with van der Waals surface area (Å²) in [5.74, 6) is -0.273. The van der Waals surface area contributed by atoms with Gasteiger partial charge in [-0.15, -0.1) is 0 Å². The fraction of sp³-hybridized carbons (Fsp3) is 0.923. The lowest BCUT2D eigenvalue weighted by Gasteiger charge is -2.16. The average molecular weight is 277 g/mol. The smallest absolute Gasteiger partial charge is 0.325 e. The van der Waals surface area contributed by atoms with E-state index in [4.69, 9.17) is 18.9 Å². The van der Waals surface area contributed by atoms with Gasteiger partial charge in [0.15, 0.2) is 0 Å². The average Bonchev–Trinajstić information content (AvgIpc) is 2.40. The van der Waals surface area contributed by atoms with Crippen molar-refractivity contribution in [1.82, 2.24) is 5.32 Å². The highest BCUT2D eigenvalue weighted by Crippen LogP contribution is 1.92. The molecule has 0 saturated carbocycles. The number of carbonyl (C=O) groups excluding carboxylic acids is 1. The zero-order valence-electron chi connectivity index (χ0n) is 12.3. The molecule has 0 heterocycles. The topological polar surface area (TPSA) is 66.0 Å². The highest BCUT2D eigenvalue weighted by Gasteiger charge is 2.18. The highest BCUT2D eigenvalue weighted by molar-refractivity contribution is 5.75. The molecule has 1 unspecified atom stereocenters. The van der Waals surface area contributed by atoms with E-state index in [1.165, 1.54) is 0 Å². The van der Waals surface area contributed by atoms with Crippen molar-refractivity contribution >= 4 is 5.97 Å². The summed E-state index contributed by atoms with van der Waals surface area (Å²) < 4.78 is 20.6. The fourth-order valence-corrected chi connectivity index (χ4v) is 1.43. The number of ether oxygens (including phenoxy) is 4. The summed E-state index contributed by atoms with van der Waals surface area (Å²) in [4.78, 5) is 11.6. The van der Waals surface area contributed by atoms with Gasteiger partial charge in [-0.05, 0) is 19.9 Å². The van der Waals surface area contributed by atoms with E-state index < -0.39 is 6.04 Å². The van der Waals surface area contributed by atoms with Crippen LogP contribution in [0.1, 0.15) is 20.3 Å². The molecule has 0 fully saturated rings. The summed E-state index contributed by atoms with van der Waals surface area (Å²) in [6.07, 6.45) is 0.874. The van der Waals surface area contributed by atoms with Gasteiger partial charge in [0.05, 0.1) is 26.4 Å². The zero-order valence-corrected chi connectivity index (χ0v) is 12.3. The molecule has 0 spiro atoms. The summed E-state index contributed by atoms with van der Waals surface area (Å²) >= 11 is 0. The molecule has 0 bridgehead atoms. The predicted octanol–water partition coefficient (Wildman–Crippen LogP) is 0.597. The van der Waals surface area contributed by atoms with Gasteiger partial charge >= 0.3 is 5.97 Å². The van der Waals surface area contributed by atoms with Crippen LogP contribution in [-0.2, 0) is 23.7 Å². The van der Waals surface area contributed by atoms with Crippen LogP contribution in [0.25, 0.3) is 0 Å². The Hall–Kier alpha value is -0.690. The molecule has 0 aromatic carbocycles. The van der Waals surface area contributed by atoms with E-state index in [1.54, 1.807) is 14.0 Å². The van der Waals surface area contributed by atoms with E-state index in [-0.39, 0.29) is 5.97 Å². The number of hydrogen-bond donors (Lipinski definition) is 1. The third kappa shape index (κ3) is 10.9. The number of esters is 1. The van der Waals surface area contributed by atoms with Crippen molar-refractivity contribution < 1.29 is 23.7 Å². The van der Waals surface area contributed by atoms with Crippen LogP contribution >= 0.6 is 0 Å². The number of methoxy groups -OCH3 is 1. The Bertz CT molecular complexity index is 213. The van der Waals surface area contributed by atoms with Crippen LogP contribution in [-0.4, -0.2) is 65.3 Å². The van der Waals surface area contributed by atoms with Crippen LogP contribution in [0, 0.1) is 0 Å². The molecule has 1 N–H and O–H groups in total. The van der Waals surface area contributed by atoms with Gasteiger partial charge in [-0.1, -0.05) is 6.92 Å². The van der Waals surface area contributed by atoms with Gasteiger partial charge in [-0.2, -0.15) is 0 Å². The maximum absolute atomic E-state index is 11.6. The summed E-state index contributed by atoms with van der Waals surface area (Å²) in [7, 11) is 1.67. The lowest BCUT2D eigenvalue weighted by atomic mass is 10.3. The number of nitrogens with one attached hydrogen (secondary N) is 1. The Morgan fingerprint density at radius 3 is 2.47 bits per heavy atom. The second-order valence-electron chi connectivity index (χ2n) is 3.90. The molecule has 0 saturated heterocycles. The second kappa shape index (κ2) is 13.7. The molecule has 0 amide bonds. The molecule has 6 heteroatoms. The zero-order chi connectivity index (χ0) is 14.3. The highest BCUT2D eigenvalue weighted by atomic mass is 16.5. The SMILES string of the molecule is CCNC(COCCOCCCOC)C(=O)OCC. The summed E-state index contributed by atoms with van der Waals surface area (Å²) in [6.45, 7) is 7.44.